The molecule has 0 bridgehead atoms. The lowest BCUT2D eigenvalue weighted by molar-refractivity contribution is 0.386. The molecule has 4 heteroatoms. The summed E-state index contributed by atoms with van der Waals surface area (Å²) >= 11 is 0. The number of hydrogen-bond donors (Lipinski definition) is 0. The van der Waals surface area contributed by atoms with Gasteiger partial charge < -0.3 is 9.47 Å². The lowest BCUT2D eigenvalue weighted by Gasteiger charge is -2.07. The van der Waals surface area contributed by atoms with Gasteiger partial charge in [-0.25, -0.2) is 4.39 Å². The zero-order chi connectivity index (χ0) is 9.84. The van der Waals surface area contributed by atoms with E-state index in [0.717, 1.165) is 12.1 Å². The van der Waals surface area contributed by atoms with Crippen molar-refractivity contribution in [2.75, 3.05) is 14.2 Å². The van der Waals surface area contributed by atoms with E-state index in [9.17, 15) is 4.39 Å². The van der Waals surface area contributed by atoms with Gasteiger partial charge in [0.2, 0.25) is 0 Å². The van der Waals surface area contributed by atoms with Gasteiger partial charge in [0.1, 0.15) is 28.9 Å². The largest absolute Gasteiger partial charge is 0.495 e. The van der Waals surface area contributed by atoms with Gasteiger partial charge in [0.15, 0.2) is 0 Å². The number of hydrogen-bond acceptors (Lipinski definition) is 3. The lowest BCUT2D eigenvalue weighted by Crippen LogP contribution is -1.94. The van der Waals surface area contributed by atoms with E-state index in [1.807, 2.05) is 6.07 Å². The summed E-state index contributed by atoms with van der Waals surface area (Å²) in [6.07, 6.45) is 0. The highest BCUT2D eigenvalue weighted by atomic mass is 19.1. The van der Waals surface area contributed by atoms with Crippen LogP contribution in [0.1, 0.15) is 5.56 Å². The molecule has 0 spiro atoms. The second-order valence-electron chi connectivity index (χ2n) is 2.30. The fourth-order valence-electron chi connectivity index (χ4n) is 0.990. The van der Waals surface area contributed by atoms with Gasteiger partial charge in [-0.3, -0.25) is 0 Å². The minimum atomic E-state index is -0.493. The minimum Gasteiger partial charge on any atom is -0.495 e. The standard InChI is InChI=1S/C9H8FNO2/c1-12-8-3-6(10)4-9(13-2)7(8)5-11/h3-4H,1-2H3. The molecule has 0 radical (unpaired) electrons. The summed E-state index contributed by atoms with van der Waals surface area (Å²) in [5, 5.41) is 8.72. The second-order valence-corrected chi connectivity index (χ2v) is 2.30. The highest BCUT2D eigenvalue weighted by Crippen LogP contribution is 2.28. The Kier molecular flexibility index (Phi) is 2.70. The van der Waals surface area contributed by atoms with Gasteiger partial charge >= 0.3 is 0 Å². The van der Waals surface area contributed by atoms with Gasteiger partial charge in [0, 0.05) is 12.1 Å². The molecular weight excluding hydrogens is 173 g/mol. The van der Waals surface area contributed by atoms with Crippen molar-refractivity contribution in [1.82, 2.24) is 0 Å². The van der Waals surface area contributed by atoms with Crippen molar-refractivity contribution in [3.8, 4) is 17.6 Å². The zero-order valence-electron chi connectivity index (χ0n) is 7.30. The van der Waals surface area contributed by atoms with Crippen LogP contribution in [0.3, 0.4) is 0 Å². The van der Waals surface area contributed by atoms with Crippen LogP contribution in [0.25, 0.3) is 0 Å². The van der Waals surface area contributed by atoms with E-state index in [1.54, 1.807) is 0 Å². The van der Waals surface area contributed by atoms with E-state index in [4.69, 9.17) is 14.7 Å². The third kappa shape index (κ3) is 1.70. The van der Waals surface area contributed by atoms with Crippen molar-refractivity contribution >= 4 is 0 Å². The molecule has 0 unspecified atom stereocenters. The molecular formula is C9H8FNO2. The Morgan fingerprint density at radius 3 is 2.00 bits per heavy atom. The molecule has 0 amide bonds. The Bertz CT molecular complexity index is 332. The molecule has 0 saturated heterocycles. The third-order valence-corrected chi connectivity index (χ3v) is 1.58. The zero-order valence-corrected chi connectivity index (χ0v) is 7.30. The van der Waals surface area contributed by atoms with E-state index in [2.05, 4.69) is 0 Å². The van der Waals surface area contributed by atoms with Crippen molar-refractivity contribution in [1.29, 1.82) is 5.26 Å². The number of benzene rings is 1. The maximum atomic E-state index is 12.8. The minimum absolute atomic E-state index is 0.180. The molecule has 0 heterocycles. The number of halogens is 1. The molecule has 1 aromatic rings. The average Bonchev–Trinajstić information content (AvgIpc) is 2.16. The van der Waals surface area contributed by atoms with E-state index in [0.29, 0.717) is 0 Å². The number of ether oxygens (including phenoxy) is 2. The van der Waals surface area contributed by atoms with Crippen molar-refractivity contribution in [3.05, 3.63) is 23.5 Å². The first-order valence-corrected chi connectivity index (χ1v) is 3.54. The van der Waals surface area contributed by atoms with Crippen molar-refractivity contribution in [3.63, 3.8) is 0 Å². The fourth-order valence-corrected chi connectivity index (χ4v) is 0.990. The predicted molar refractivity (Wildman–Crippen MR) is 44.2 cm³/mol. The first-order chi connectivity index (χ1) is 6.22. The van der Waals surface area contributed by atoms with Gasteiger partial charge in [0.05, 0.1) is 14.2 Å². The quantitative estimate of drug-likeness (QED) is 0.697. The summed E-state index contributed by atoms with van der Waals surface area (Å²) in [6.45, 7) is 0. The van der Waals surface area contributed by atoms with Crippen molar-refractivity contribution in [2.24, 2.45) is 0 Å². The van der Waals surface area contributed by atoms with Gasteiger partial charge in [-0.15, -0.1) is 0 Å². The van der Waals surface area contributed by atoms with Gasteiger partial charge in [-0.05, 0) is 0 Å². The van der Waals surface area contributed by atoms with Crippen LogP contribution in [0.5, 0.6) is 11.5 Å². The van der Waals surface area contributed by atoms with Crippen molar-refractivity contribution < 1.29 is 13.9 Å². The molecule has 13 heavy (non-hydrogen) atoms. The van der Waals surface area contributed by atoms with Gasteiger partial charge in [0.25, 0.3) is 0 Å². The maximum Gasteiger partial charge on any atom is 0.143 e. The molecule has 0 aliphatic rings. The molecule has 0 aliphatic heterocycles. The third-order valence-electron chi connectivity index (χ3n) is 1.58. The van der Waals surface area contributed by atoms with Gasteiger partial charge in [-0.2, -0.15) is 5.26 Å². The molecule has 68 valence electrons. The summed E-state index contributed by atoms with van der Waals surface area (Å²) < 4.78 is 22.5. The number of rotatable bonds is 2. The SMILES string of the molecule is COc1cc(F)cc(OC)c1C#N. The summed E-state index contributed by atoms with van der Waals surface area (Å²) in [6, 6.07) is 4.16. The summed E-state index contributed by atoms with van der Waals surface area (Å²) in [5.74, 6) is -0.133. The van der Waals surface area contributed by atoms with Crippen LogP contribution in [0.2, 0.25) is 0 Å². The molecule has 0 N–H and O–H groups in total. The normalized spacial score (nSPS) is 9.08. The molecule has 0 aromatic heterocycles. The number of nitrogens with zero attached hydrogens (tertiary/aromatic N) is 1. The Morgan fingerprint density at radius 2 is 1.69 bits per heavy atom. The van der Waals surface area contributed by atoms with E-state index in [-0.39, 0.29) is 17.1 Å². The highest BCUT2D eigenvalue weighted by Gasteiger charge is 2.11. The summed E-state index contributed by atoms with van der Waals surface area (Å²) in [5.41, 5.74) is 0.200. The first-order valence-electron chi connectivity index (χ1n) is 3.54. The molecule has 0 atom stereocenters. The van der Waals surface area contributed by atoms with E-state index < -0.39 is 5.82 Å². The summed E-state index contributed by atoms with van der Waals surface area (Å²) in [7, 11) is 2.74. The molecule has 0 fully saturated rings. The Morgan fingerprint density at radius 1 is 1.23 bits per heavy atom. The number of nitriles is 1. The average molecular weight is 181 g/mol. The van der Waals surface area contributed by atoms with Crippen LogP contribution >= 0.6 is 0 Å². The Hall–Kier alpha value is -1.76. The molecule has 1 aromatic carbocycles. The molecule has 0 saturated carbocycles. The molecule has 3 nitrogen and oxygen atoms in total. The van der Waals surface area contributed by atoms with Crippen LogP contribution in [0, 0.1) is 17.1 Å². The first kappa shape index (κ1) is 9.33. The van der Waals surface area contributed by atoms with E-state index >= 15 is 0 Å². The summed E-state index contributed by atoms with van der Waals surface area (Å²) in [4.78, 5) is 0. The second kappa shape index (κ2) is 3.76. The fraction of sp³-hybridized carbons (Fsp3) is 0.222. The maximum absolute atomic E-state index is 12.8. The highest BCUT2D eigenvalue weighted by molar-refractivity contribution is 5.53. The van der Waals surface area contributed by atoms with Crippen LogP contribution in [-0.4, -0.2) is 14.2 Å². The molecule has 0 aliphatic carbocycles. The van der Waals surface area contributed by atoms with Gasteiger partial charge in [-0.1, -0.05) is 0 Å². The topological polar surface area (TPSA) is 42.2 Å². The Labute approximate surface area is 75.3 Å². The van der Waals surface area contributed by atoms with E-state index in [1.165, 1.54) is 14.2 Å². The monoisotopic (exact) mass is 181 g/mol. The van der Waals surface area contributed by atoms with Crippen LogP contribution < -0.4 is 9.47 Å². The Balaban J connectivity index is 3.36. The van der Waals surface area contributed by atoms with Crippen LogP contribution in [-0.2, 0) is 0 Å². The molecule has 1 rings (SSSR count). The smallest absolute Gasteiger partial charge is 0.143 e. The lowest BCUT2D eigenvalue weighted by atomic mass is 10.2. The predicted octanol–water partition coefficient (Wildman–Crippen LogP) is 1.71. The van der Waals surface area contributed by atoms with Crippen molar-refractivity contribution in [2.45, 2.75) is 0 Å². The van der Waals surface area contributed by atoms with Crippen LogP contribution in [0.15, 0.2) is 12.1 Å². The number of methoxy groups -OCH3 is 2. The van der Waals surface area contributed by atoms with Crippen LogP contribution in [0.4, 0.5) is 4.39 Å².